The van der Waals surface area contributed by atoms with E-state index in [1.54, 1.807) is 26.4 Å². The van der Waals surface area contributed by atoms with Crippen LogP contribution in [0.1, 0.15) is 19.8 Å². The molecule has 0 saturated heterocycles. The first-order valence-electron chi connectivity index (χ1n) is 7.29. The van der Waals surface area contributed by atoms with E-state index in [1.165, 1.54) is 0 Å². The van der Waals surface area contributed by atoms with Gasteiger partial charge in [0.2, 0.25) is 0 Å². The molecule has 0 bridgehead atoms. The second-order valence-electron chi connectivity index (χ2n) is 4.67. The van der Waals surface area contributed by atoms with Crippen molar-refractivity contribution in [3.63, 3.8) is 0 Å². The van der Waals surface area contributed by atoms with Crippen LogP contribution < -0.4 is 25.4 Å². The standard InChI is InChI=1S/C15H24ClN3O2S/c1-4-6-17-7-5-8-18-15(22)19-12-10-13(20-2)11(16)9-14(12)21-3/h9-10,17H,4-8H2,1-3H3,(H2,18,19,22). The quantitative estimate of drug-likeness (QED) is 0.472. The number of hydrogen-bond acceptors (Lipinski definition) is 4. The first-order chi connectivity index (χ1) is 10.6. The highest BCUT2D eigenvalue weighted by molar-refractivity contribution is 7.80. The van der Waals surface area contributed by atoms with Crippen molar-refractivity contribution in [3.05, 3.63) is 17.2 Å². The Bertz CT molecular complexity index is 486. The van der Waals surface area contributed by atoms with Gasteiger partial charge in [-0.25, -0.2) is 0 Å². The topological polar surface area (TPSA) is 54.5 Å². The third-order valence-electron chi connectivity index (χ3n) is 2.96. The summed E-state index contributed by atoms with van der Waals surface area (Å²) in [6, 6.07) is 3.46. The van der Waals surface area contributed by atoms with Crippen molar-refractivity contribution in [3.8, 4) is 11.5 Å². The Morgan fingerprint density at radius 2 is 1.86 bits per heavy atom. The molecule has 22 heavy (non-hydrogen) atoms. The number of halogens is 1. The fraction of sp³-hybridized carbons (Fsp3) is 0.533. The molecule has 5 nitrogen and oxygen atoms in total. The normalized spacial score (nSPS) is 10.2. The van der Waals surface area contributed by atoms with Crippen molar-refractivity contribution in [1.82, 2.24) is 10.6 Å². The maximum Gasteiger partial charge on any atom is 0.170 e. The zero-order valence-corrected chi connectivity index (χ0v) is 14.9. The number of methoxy groups -OCH3 is 2. The molecule has 0 aliphatic heterocycles. The first kappa shape index (κ1) is 18.8. The molecule has 1 aromatic carbocycles. The van der Waals surface area contributed by atoms with Gasteiger partial charge in [0.15, 0.2) is 5.11 Å². The van der Waals surface area contributed by atoms with E-state index >= 15 is 0 Å². The third kappa shape index (κ3) is 6.25. The van der Waals surface area contributed by atoms with Gasteiger partial charge in [-0.3, -0.25) is 0 Å². The molecule has 0 fully saturated rings. The van der Waals surface area contributed by atoms with Crippen LogP contribution in [-0.4, -0.2) is 39.0 Å². The number of anilines is 1. The first-order valence-corrected chi connectivity index (χ1v) is 8.08. The Morgan fingerprint density at radius 1 is 1.14 bits per heavy atom. The smallest absolute Gasteiger partial charge is 0.170 e. The lowest BCUT2D eigenvalue weighted by atomic mass is 10.2. The zero-order chi connectivity index (χ0) is 16.4. The Balaban J connectivity index is 2.49. The van der Waals surface area contributed by atoms with Gasteiger partial charge >= 0.3 is 0 Å². The molecule has 0 radical (unpaired) electrons. The van der Waals surface area contributed by atoms with Crippen LogP contribution in [0.5, 0.6) is 11.5 Å². The summed E-state index contributed by atoms with van der Waals surface area (Å²) in [4.78, 5) is 0. The molecule has 0 aliphatic carbocycles. The van der Waals surface area contributed by atoms with Crippen molar-refractivity contribution in [2.24, 2.45) is 0 Å². The summed E-state index contributed by atoms with van der Waals surface area (Å²) in [6.45, 7) is 4.97. The number of benzene rings is 1. The van der Waals surface area contributed by atoms with Crippen LogP contribution in [0, 0.1) is 0 Å². The van der Waals surface area contributed by atoms with Gasteiger partial charge in [0.1, 0.15) is 11.5 Å². The van der Waals surface area contributed by atoms with E-state index in [0.29, 0.717) is 27.3 Å². The van der Waals surface area contributed by atoms with Crippen LogP contribution >= 0.6 is 23.8 Å². The van der Waals surface area contributed by atoms with Crippen molar-refractivity contribution in [2.45, 2.75) is 19.8 Å². The molecular weight excluding hydrogens is 322 g/mol. The maximum atomic E-state index is 6.07. The van der Waals surface area contributed by atoms with Crippen molar-refractivity contribution in [2.75, 3.05) is 39.2 Å². The lowest BCUT2D eigenvalue weighted by molar-refractivity contribution is 0.405. The van der Waals surface area contributed by atoms with Crippen molar-refractivity contribution >= 4 is 34.6 Å². The molecule has 0 spiro atoms. The molecule has 0 aromatic heterocycles. The minimum Gasteiger partial charge on any atom is -0.495 e. The van der Waals surface area contributed by atoms with Gasteiger partial charge < -0.3 is 25.4 Å². The summed E-state index contributed by atoms with van der Waals surface area (Å²) < 4.78 is 10.5. The summed E-state index contributed by atoms with van der Waals surface area (Å²) in [6.07, 6.45) is 2.15. The van der Waals surface area contributed by atoms with Gasteiger partial charge in [-0.05, 0) is 38.1 Å². The van der Waals surface area contributed by atoms with Gasteiger partial charge in [-0.2, -0.15) is 0 Å². The molecule has 0 unspecified atom stereocenters. The Kier molecular flexibility index (Phi) is 8.96. The Morgan fingerprint density at radius 3 is 2.50 bits per heavy atom. The summed E-state index contributed by atoms with van der Waals surface area (Å²) in [5.74, 6) is 1.18. The fourth-order valence-corrected chi connectivity index (χ4v) is 2.28. The summed E-state index contributed by atoms with van der Waals surface area (Å²) in [5.41, 5.74) is 0.713. The minimum atomic E-state index is 0.491. The van der Waals surface area contributed by atoms with E-state index in [-0.39, 0.29) is 0 Å². The molecule has 1 rings (SSSR count). The summed E-state index contributed by atoms with van der Waals surface area (Å²) in [5, 5.41) is 10.6. The van der Waals surface area contributed by atoms with Gasteiger partial charge in [0.25, 0.3) is 0 Å². The van der Waals surface area contributed by atoms with Gasteiger partial charge in [0.05, 0.1) is 24.9 Å². The van der Waals surface area contributed by atoms with Crippen LogP contribution in [0.15, 0.2) is 12.1 Å². The lowest BCUT2D eigenvalue weighted by Crippen LogP contribution is -2.31. The number of hydrogen-bond donors (Lipinski definition) is 3. The molecule has 0 heterocycles. The Labute approximate surface area is 142 Å². The molecule has 3 N–H and O–H groups in total. The van der Waals surface area contributed by atoms with Gasteiger partial charge in [-0.1, -0.05) is 18.5 Å². The van der Waals surface area contributed by atoms with Crippen LogP contribution in [0.25, 0.3) is 0 Å². The largest absolute Gasteiger partial charge is 0.495 e. The molecule has 0 aliphatic rings. The van der Waals surface area contributed by atoms with Gasteiger partial charge in [0, 0.05) is 18.7 Å². The molecule has 1 aromatic rings. The molecule has 7 heteroatoms. The van der Waals surface area contributed by atoms with E-state index in [4.69, 9.17) is 33.3 Å². The number of nitrogens with one attached hydrogen (secondary N) is 3. The zero-order valence-electron chi connectivity index (χ0n) is 13.3. The molecule has 0 amide bonds. The minimum absolute atomic E-state index is 0.491. The molecule has 0 atom stereocenters. The van der Waals surface area contributed by atoms with Crippen LogP contribution in [-0.2, 0) is 0 Å². The molecule has 0 saturated carbocycles. The second kappa shape index (κ2) is 10.5. The van der Waals surface area contributed by atoms with Crippen LogP contribution in [0.4, 0.5) is 5.69 Å². The highest BCUT2D eigenvalue weighted by atomic mass is 35.5. The third-order valence-corrected chi connectivity index (χ3v) is 3.51. The summed E-state index contributed by atoms with van der Waals surface area (Å²) >= 11 is 11.4. The predicted molar refractivity (Wildman–Crippen MR) is 96.6 cm³/mol. The number of ether oxygens (including phenoxy) is 2. The summed E-state index contributed by atoms with van der Waals surface area (Å²) in [7, 11) is 3.15. The van der Waals surface area contributed by atoms with E-state index in [0.717, 1.165) is 32.5 Å². The van der Waals surface area contributed by atoms with E-state index in [1.807, 2.05) is 0 Å². The van der Waals surface area contributed by atoms with E-state index in [9.17, 15) is 0 Å². The van der Waals surface area contributed by atoms with Crippen LogP contribution in [0.3, 0.4) is 0 Å². The Hall–Kier alpha value is -1.24. The second-order valence-corrected chi connectivity index (χ2v) is 5.49. The number of thiocarbonyl (C=S) groups is 1. The SMILES string of the molecule is CCCNCCCNC(=S)Nc1cc(OC)c(Cl)cc1OC. The van der Waals surface area contributed by atoms with Gasteiger partial charge in [-0.15, -0.1) is 0 Å². The van der Waals surface area contributed by atoms with E-state index in [2.05, 4.69) is 22.9 Å². The predicted octanol–water partition coefficient (Wildman–Crippen LogP) is 3.03. The lowest BCUT2D eigenvalue weighted by Gasteiger charge is -2.15. The van der Waals surface area contributed by atoms with E-state index < -0.39 is 0 Å². The fourth-order valence-electron chi connectivity index (χ4n) is 1.84. The molecule has 124 valence electrons. The highest BCUT2D eigenvalue weighted by Crippen LogP contribution is 2.35. The van der Waals surface area contributed by atoms with Crippen LogP contribution in [0.2, 0.25) is 5.02 Å². The van der Waals surface area contributed by atoms with Crippen molar-refractivity contribution < 1.29 is 9.47 Å². The maximum absolute atomic E-state index is 6.07. The monoisotopic (exact) mass is 345 g/mol. The molecular formula is C15H24ClN3O2S. The highest BCUT2D eigenvalue weighted by Gasteiger charge is 2.10. The average molecular weight is 346 g/mol. The van der Waals surface area contributed by atoms with Crippen molar-refractivity contribution in [1.29, 1.82) is 0 Å². The number of rotatable bonds is 9. The average Bonchev–Trinajstić information content (AvgIpc) is 2.52.